The average molecular weight is 471 g/mol. The number of amides is 1. The zero-order valence-electron chi connectivity index (χ0n) is 18.0. The van der Waals surface area contributed by atoms with E-state index in [1.165, 1.54) is 4.88 Å². The zero-order valence-corrected chi connectivity index (χ0v) is 19.7. The molecule has 3 fully saturated rings. The predicted molar refractivity (Wildman–Crippen MR) is 124 cm³/mol. The van der Waals surface area contributed by atoms with Crippen LogP contribution in [0.2, 0.25) is 0 Å². The number of aromatic nitrogens is 3. The smallest absolute Gasteiger partial charge is 0.255 e. The fourth-order valence-corrected chi connectivity index (χ4v) is 7.82. The molecule has 2 unspecified atom stereocenters. The number of fused-ring (bicyclic) bond motifs is 1. The molecular weight excluding hydrogens is 444 g/mol. The van der Waals surface area contributed by atoms with Gasteiger partial charge < -0.3 is 4.90 Å². The fourth-order valence-electron chi connectivity index (χ4n) is 5.25. The molecule has 3 aromatic heterocycles. The monoisotopic (exact) mass is 470 g/mol. The van der Waals surface area contributed by atoms with Crippen molar-refractivity contribution in [3.05, 3.63) is 45.4 Å². The molecule has 0 bridgehead atoms. The molecule has 3 aliphatic rings. The molecule has 1 saturated carbocycles. The van der Waals surface area contributed by atoms with Crippen LogP contribution >= 0.6 is 11.3 Å². The quantitative estimate of drug-likeness (QED) is 0.575. The van der Waals surface area contributed by atoms with E-state index < -0.39 is 9.84 Å². The highest BCUT2D eigenvalue weighted by molar-refractivity contribution is 7.91. The standard InChI is InChI=1S/C23H26N4O3S2/c1-14-21-17(23(28)26-9-2-4-19(26)20-5-3-10-31-20)12-18(15-6-7-15)24-22(21)27(25-14)16-8-11-32(29,30)13-16/h3,5,10,12,15-16,19H,2,4,6-9,11,13H2,1H3. The Balaban J connectivity index is 1.47. The highest BCUT2D eigenvalue weighted by atomic mass is 32.2. The third kappa shape index (κ3) is 3.37. The van der Waals surface area contributed by atoms with E-state index >= 15 is 0 Å². The van der Waals surface area contributed by atoms with Crippen molar-refractivity contribution >= 4 is 38.1 Å². The Morgan fingerprint density at radius 1 is 1.22 bits per heavy atom. The van der Waals surface area contributed by atoms with E-state index in [-0.39, 0.29) is 29.5 Å². The number of hydrogen-bond donors (Lipinski definition) is 0. The van der Waals surface area contributed by atoms with Gasteiger partial charge in [-0.05, 0) is 56.5 Å². The lowest BCUT2D eigenvalue weighted by molar-refractivity contribution is 0.0739. The molecule has 168 valence electrons. The highest BCUT2D eigenvalue weighted by Crippen LogP contribution is 2.42. The van der Waals surface area contributed by atoms with Crippen LogP contribution in [0.15, 0.2) is 23.6 Å². The molecule has 2 atom stereocenters. The van der Waals surface area contributed by atoms with Crippen LogP contribution in [0.5, 0.6) is 0 Å². The van der Waals surface area contributed by atoms with Crippen LogP contribution in [-0.4, -0.2) is 52.0 Å². The number of pyridine rings is 1. The minimum absolute atomic E-state index is 0.0388. The summed E-state index contributed by atoms with van der Waals surface area (Å²) in [5.74, 6) is 0.696. The van der Waals surface area contributed by atoms with Crippen LogP contribution in [0.4, 0.5) is 0 Å². The normalized spacial score (nSPS) is 25.1. The first-order valence-corrected chi connectivity index (χ1v) is 14.1. The van der Waals surface area contributed by atoms with Gasteiger partial charge in [0.25, 0.3) is 5.91 Å². The molecule has 0 N–H and O–H groups in total. The van der Waals surface area contributed by atoms with Crippen LogP contribution in [0.1, 0.15) is 76.7 Å². The first-order chi connectivity index (χ1) is 15.4. The lowest BCUT2D eigenvalue weighted by Gasteiger charge is -2.24. The number of nitrogens with zero attached hydrogens (tertiary/aromatic N) is 4. The molecule has 5 heterocycles. The molecule has 3 aromatic rings. The van der Waals surface area contributed by atoms with Gasteiger partial charge in [-0.25, -0.2) is 18.1 Å². The van der Waals surface area contributed by atoms with Crippen LogP contribution in [-0.2, 0) is 9.84 Å². The van der Waals surface area contributed by atoms with Crippen LogP contribution in [0, 0.1) is 6.92 Å². The Morgan fingerprint density at radius 2 is 2.06 bits per heavy atom. The molecule has 6 rings (SSSR count). The van der Waals surface area contributed by atoms with Crippen molar-refractivity contribution in [1.29, 1.82) is 0 Å². The molecule has 7 nitrogen and oxygen atoms in total. The van der Waals surface area contributed by atoms with E-state index in [9.17, 15) is 13.2 Å². The SMILES string of the molecule is Cc1nn(C2CCS(=O)(=O)C2)c2nc(C3CC3)cc(C(=O)N3CCCC3c3cccs3)c12. The maximum atomic E-state index is 13.9. The van der Waals surface area contributed by atoms with Gasteiger partial charge in [0.2, 0.25) is 0 Å². The van der Waals surface area contributed by atoms with Gasteiger partial charge in [-0.1, -0.05) is 6.07 Å². The van der Waals surface area contributed by atoms with Crippen molar-refractivity contribution in [2.75, 3.05) is 18.1 Å². The third-order valence-corrected chi connectivity index (χ3v) is 9.75. The highest BCUT2D eigenvalue weighted by Gasteiger charge is 2.36. The summed E-state index contributed by atoms with van der Waals surface area (Å²) in [7, 11) is -3.05. The fraction of sp³-hybridized carbons (Fsp3) is 0.522. The Morgan fingerprint density at radius 3 is 2.75 bits per heavy atom. The summed E-state index contributed by atoms with van der Waals surface area (Å²) in [5.41, 5.74) is 3.03. The molecule has 2 saturated heterocycles. The number of thiophene rings is 1. The molecule has 0 spiro atoms. The van der Waals surface area contributed by atoms with Crippen molar-refractivity contribution in [3.63, 3.8) is 0 Å². The van der Waals surface area contributed by atoms with Crippen molar-refractivity contribution < 1.29 is 13.2 Å². The summed E-state index contributed by atoms with van der Waals surface area (Å²) in [5, 5.41) is 7.56. The third-order valence-electron chi connectivity index (χ3n) is 7.02. The van der Waals surface area contributed by atoms with Crippen molar-refractivity contribution in [3.8, 4) is 0 Å². The molecule has 0 aromatic carbocycles. The first-order valence-electron chi connectivity index (χ1n) is 11.4. The van der Waals surface area contributed by atoms with E-state index in [2.05, 4.69) is 11.4 Å². The minimum Gasteiger partial charge on any atom is -0.331 e. The zero-order chi connectivity index (χ0) is 22.0. The maximum absolute atomic E-state index is 13.9. The van der Waals surface area contributed by atoms with Gasteiger partial charge in [-0.2, -0.15) is 5.10 Å². The maximum Gasteiger partial charge on any atom is 0.255 e. The van der Waals surface area contributed by atoms with E-state index in [0.29, 0.717) is 23.5 Å². The molecule has 0 radical (unpaired) electrons. The molecule has 1 aliphatic carbocycles. The average Bonchev–Trinajstić information content (AvgIpc) is 3.15. The van der Waals surface area contributed by atoms with Crippen molar-refractivity contribution in [2.45, 2.75) is 57.0 Å². The summed E-state index contributed by atoms with van der Waals surface area (Å²) < 4.78 is 26.0. The van der Waals surface area contributed by atoms with Crippen molar-refractivity contribution in [1.82, 2.24) is 19.7 Å². The number of hydrogen-bond acceptors (Lipinski definition) is 6. The Labute approximate surface area is 191 Å². The summed E-state index contributed by atoms with van der Waals surface area (Å²) >= 11 is 1.70. The number of carbonyl (C=O) groups excluding carboxylic acids is 1. The summed E-state index contributed by atoms with van der Waals surface area (Å²) in [4.78, 5) is 22.1. The summed E-state index contributed by atoms with van der Waals surface area (Å²) in [6.45, 7) is 2.65. The van der Waals surface area contributed by atoms with Gasteiger partial charge in [0.1, 0.15) is 0 Å². The number of sulfone groups is 1. The first kappa shape index (κ1) is 20.4. The Bertz CT molecular complexity index is 1310. The molecule has 1 amide bonds. The lowest BCUT2D eigenvalue weighted by atomic mass is 10.1. The van der Waals surface area contributed by atoms with Gasteiger partial charge >= 0.3 is 0 Å². The van der Waals surface area contributed by atoms with E-state index in [4.69, 9.17) is 10.1 Å². The second kappa shape index (κ2) is 7.38. The van der Waals surface area contributed by atoms with Gasteiger partial charge in [0, 0.05) is 23.0 Å². The Kier molecular flexibility index (Phi) is 4.69. The molecular formula is C23H26N4O3S2. The number of aryl methyl sites for hydroxylation is 1. The van der Waals surface area contributed by atoms with E-state index in [1.54, 1.807) is 16.0 Å². The van der Waals surface area contributed by atoms with E-state index in [1.807, 2.05) is 24.0 Å². The largest absolute Gasteiger partial charge is 0.331 e. The van der Waals surface area contributed by atoms with E-state index in [0.717, 1.165) is 49.0 Å². The van der Waals surface area contributed by atoms with Gasteiger partial charge in [-0.15, -0.1) is 11.3 Å². The van der Waals surface area contributed by atoms with Gasteiger partial charge in [0.15, 0.2) is 15.5 Å². The minimum atomic E-state index is -3.05. The Hall–Kier alpha value is -2.26. The van der Waals surface area contributed by atoms with Crippen LogP contribution < -0.4 is 0 Å². The predicted octanol–water partition coefficient (Wildman–Crippen LogP) is 4.02. The topological polar surface area (TPSA) is 85.2 Å². The van der Waals surface area contributed by atoms with Crippen LogP contribution in [0.25, 0.3) is 11.0 Å². The number of likely N-dealkylation sites (tertiary alicyclic amines) is 1. The summed E-state index contributed by atoms with van der Waals surface area (Å²) in [6, 6.07) is 6.04. The van der Waals surface area contributed by atoms with Gasteiger partial charge in [-0.3, -0.25) is 4.79 Å². The molecule has 32 heavy (non-hydrogen) atoms. The van der Waals surface area contributed by atoms with Crippen molar-refractivity contribution in [2.24, 2.45) is 0 Å². The number of carbonyl (C=O) groups is 1. The molecule has 2 aliphatic heterocycles. The lowest BCUT2D eigenvalue weighted by Crippen LogP contribution is -2.30. The second-order valence-corrected chi connectivity index (χ2v) is 12.5. The van der Waals surface area contributed by atoms with Gasteiger partial charge in [0.05, 0.1) is 40.2 Å². The summed E-state index contributed by atoms with van der Waals surface area (Å²) in [6.07, 6.45) is 4.69. The van der Waals surface area contributed by atoms with Crippen LogP contribution in [0.3, 0.4) is 0 Å². The second-order valence-electron chi connectivity index (χ2n) is 9.33. The molecule has 9 heteroatoms. The number of rotatable bonds is 4.